The van der Waals surface area contributed by atoms with Crippen LogP contribution in [0, 0.1) is 12.7 Å². The van der Waals surface area contributed by atoms with Gasteiger partial charge in [-0.15, -0.1) is 0 Å². The summed E-state index contributed by atoms with van der Waals surface area (Å²) in [4.78, 5) is 24.1. The van der Waals surface area contributed by atoms with Gasteiger partial charge in [0, 0.05) is 6.42 Å². The summed E-state index contributed by atoms with van der Waals surface area (Å²) in [6, 6.07) is 14.2. The van der Waals surface area contributed by atoms with Crippen LogP contribution in [0.5, 0.6) is 0 Å². The quantitative estimate of drug-likeness (QED) is 0.487. The second-order valence-electron chi connectivity index (χ2n) is 8.04. The van der Waals surface area contributed by atoms with Crippen molar-refractivity contribution in [2.75, 3.05) is 6.54 Å². The van der Waals surface area contributed by atoms with E-state index in [9.17, 15) is 14.0 Å². The lowest BCUT2D eigenvalue weighted by Gasteiger charge is -2.25. The average Bonchev–Trinajstić information content (AvgIpc) is 2.66. The van der Waals surface area contributed by atoms with Crippen LogP contribution in [0.25, 0.3) is 0 Å². The van der Waals surface area contributed by atoms with E-state index in [4.69, 9.17) is 9.47 Å². The van der Waals surface area contributed by atoms with E-state index in [-0.39, 0.29) is 18.8 Å². The lowest BCUT2D eigenvalue weighted by molar-refractivity contribution is -0.148. The average molecular weight is 434 g/mol. The first-order chi connectivity index (χ1) is 14.0. The number of hydrogen-bond acceptors (Lipinski definition) is 5. The fourth-order valence-corrected chi connectivity index (χ4v) is 3.12. The van der Waals surface area contributed by atoms with Gasteiger partial charge in [0.05, 0.1) is 5.25 Å². The number of thiol groups is 1. The van der Waals surface area contributed by atoms with Crippen molar-refractivity contribution in [3.8, 4) is 0 Å². The van der Waals surface area contributed by atoms with E-state index in [0.717, 1.165) is 11.1 Å². The molecular formula is C23H28FNO4S. The fourth-order valence-electron chi connectivity index (χ4n) is 2.79. The summed E-state index contributed by atoms with van der Waals surface area (Å²) in [5, 5.41) is 1.90. The molecule has 0 aromatic heterocycles. The van der Waals surface area contributed by atoms with Crippen LogP contribution in [0.1, 0.15) is 42.7 Å². The molecule has 30 heavy (non-hydrogen) atoms. The minimum atomic E-state index is -0.735. The Balaban J connectivity index is 2.11. The highest BCUT2D eigenvalue weighted by Gasteiger charge is 2.26. The van der Waals surface area contributed by atoms with Crippen LogP contribution >= 0.6 is 12.6 Å². The molecule has 2 aromatic rings. The SMILES string of the molecule is Cc1ccc(CC(OC(=O)CNC(=O)OC(C)(C)C)C(S)c2ccccc2)c(F)c1. The molecular weight excluding hydrogens is 405 g/mol. The minimum absolute atomic E-state index is 0.146. The molecule has 2 atom stereocenters. The number of amides is 1. The van der Waals surface area contributed by atoms with Crippen LogP contribution in [0.4, 0.5) is 9.18 Å². The molecule has 1 amide bonds. The van der Waals surface area contributed by atoms with Gasteiger partial charge in [0.1, 0.15) is 24.1 Å². The fraction of sp³-hybridized carbons (Fsp3) is 0.391. The second kappa shape index (κ2) is 10.5. The Bertz CT molecular complexity index is 867. The summed E-state index contributed by atoms with van der Waals surface area (Å²) < 4.78 is 25.1. The zero-order valence-electron chi connectivity index (χ0n) is 17.6. The van der Waals surface area contributed by atoms with Gasteiger partial charge in [-0.05, 0) is 50.5 Å². The molecule has 2 rings (SSSR count). The van der Waals surface area contributed by atoms with Crippen LogP contribution < -0.4 is 5.32 Å². The van der Waals surface area contributed by atoms with Gasteiger partial charge in [-0.2, -0.15) is 12.6 Å². The molecule has 7 heteroatoms. The van der Waals surface area contributed by atoms with Crippen LogP contribution in [-0.2, 0) is 20.7 Å². The van der Waals surface area contributed by atoms with Gasteiger partial charge in [-0.1, -0.05) is 42.5 Å². The smallest absolute Gasteiger partial charge is 0.408 e. The van der Waals surface area contributed by atoms with Crippen molar-refractivity contribution >= 4 is 24.7 Å². The predicted molar refractivity (Wildman–Crippen MR) is 117 cm³/mol. The molecule has 0 fully saturated rings. The summed E-state index contributed by atoms with van der Waals surface area (Å²) >= 11 is 4.63. The summed E-state index contributed by atoms with van der Waals surface area (Å²) in [6.07, 6.45) is -1.31. The molecule has 2 aromatic carbocycles. The van der Waals surface area contributed by atoms with Gasteiger partial charge in [-0.25, -0.2) is 9.18 Å². The topological polar surface area (TPSA) is 64.6 Å². The lowest BCUT2D eigenvalue weighted by atomic mass is 9.99. The normalized spacial score (nSPS) is 13.3. The summed E-state index contributed by atoms with van der Waals surface area (Å²) in [7, 11) is 0. The Hall–Kier alpha value is -2.54. The van der Waals surface area contributed by atoms with E-state index in [0.29, 0.717) is 5.56 Å². The van der Waals surface area contributed by atoms with E-state index in [1.165, 1.54) is 6.07 Å². The Labute approximate surface area is 182 Å². The number of nitrogens with one attached hydrogen (secondary N) is 1. The number of alkyl carbamates (subject to hydrolysis) is 1. The number of rotatable bonds is 7. The monoisotopic (exact) mass is 433 g/mol. The maximum absolute atomic E-state index is 14.4. The van der Waals surface area contributed by atoms with Gasteiger partial charge in [0.25, 0.3) is 0 Å². The molecule has 0 spiro atoms. The highest BCUT2D eigenvalue weighted by molar-refractivity contribution is 7.80. The Morgan fingerprint density at radius 2 is 1.80 bits per heavy atom. The van der Waals surface area contributed by atoms with E-state index in [2.05, 4.69) is 17.9 Å². The Kier molecular flexibility index (Phi) is 8.29. The molecule has 0 bridgehead atoms. The predicted octanol–water partition coefficient (Wildman–Crippen LogP) is 4.78. The van der Waals surface area contributed by atoms with Crippen molar-refractivity contribution in [1.29, 1.82) is 0 Å². The van der Waals surface area contributed by atoms with Crippen LogP contribution in [-0.4, -0.2) is 30.3 Å². The summed E-state index contributed by atoms with van der Waals surface area (Å²) in [6.45, 7) is 6.61. The zero-order valence-corrected chi connectivity index (χ0v) is 18.5. The number of halogens is 1. The molecule has 0 heterocycles. The minimum Gasteiger partial charge on any atom is -0.459 e. The third-order valence-electron chi connectivity index (χ3n) is 4.18. The second-order valence-corrected chi connectivity index (χ2v) is 8.59. The van der Waals surface area contributed by atoms with Gasteiger partial charge in [-0.3, -0.25) is 4.79 Å². The third kappa shape index (κ3) is 7.71. The van der Waals surface area contributed by atoms with Crippen molar-refractivity contribution in [3.05, 3.63) is 71.0 Å². The molecule has 0 saturated heterocycles. The largest absolute Gasteiger partial charge is 0.459 e. The molecule has 2 unspecified atom stereocenters. The first kappa shape index (κ1) is 23.7. The first-order valence-corrected chi connectivity index (χ1v) is 10.2. The number of hydrogen-bond donors (Lipinski definition) is 2. The van der Waals surface area contributed by atoms with Gasteiger partial charge in [0.15, 0.2) is 0 Å². The molecule has 0 aliphatic carbocycles. The van der Waals surface area contributed by atoms with E-state index < -0.39 is 29.0 Å². The van der Waals surface area contributed by atoms with Crippen LogP contribution in [0.15, 0.2) is 48.5 Å². The molecule has 0 saturated carbocycles. The van der Waals surface area contributed by atoms with Crippen molar-refractivity contribution in [1.82, 2.24) is 5.32 Å². The number of aryl methyl sites for hydroxylation is 1. The molecule has 5 nitrogen and oxygen atoms in total. The van der Waals surface area contributed by atoms with Gasteiger partial charge >= 0.3 is 12.1 Å². The maximum Gasteiger partial charge on any atom is 0.408 e. The van der Waals surface area contributed by atoms with Crippen molar-refractivity contribution in [3.63, 3.8) is 0 Å². The Morgan fingerprint density at radius 3 is 2.40 bits per heavy atom. The molecule has 0 aliphatic heterocycles. The van der Waals surface area contributed by atoms with Crippen molar-refractivity contribution < 1.29 is 23.5 Å². The maximum atomic E-state index is 14.4. The lowest BCUT2D eigenvalue weighted by Crippen LogP contribution is -2.37. The molecule has 1 N–H and O–H groups in total. The Morgan fingerprint density at radius 1 is 1.13 bits per heavy atom. The third-order valence-corrected chi connectivity index (χ3v) is 4.81. The number of carbonyl (C=O) groups is 2. The number of carbonyl (C=O) groups excluding carboxylic acids is 2. The van der Waals surface area contributed by atoms with E-state index in [1.54, 1.807) is 39.8 Å². The van der Waals surface area contributed by atoms with Crippen LogP contribution in [0.3, 0.4) is 0 Å². The van der Waals surface area contributed by atoms with E-state index in [1.807, 2.05) is 30.3 Å². The molecule has 162 valence electrons. The van der Waals surface area contributed by atoms with Crippen molar-refractivity contribution in [2.24, 2.45) is 0 Å². The standard InChI is InChI=1S/C23H28FNO4S/c1-15-10-11-17(18(24)12-15)13-19(21(30)16-8-6-5-7-9-16)28-20(26)14-25-22(27)29-23(2,3)4/h5-12,19,21,30H,13-14H2,1-4H3,(H,25,27). The first-order valence-electron chi connectivity index (χ1n) is 9.69. The summed E-state index contributed by atoms with van der Waals surface area (Å²) in [5.41, 5.74) is 1.39. The highest BCUT2D eigenvalue weighted by atomic mass is 32.1. The van der Waals surface area contributed by atoms with E-state index >= 15 is 0 Å². The molecule has 0 radical (unpaired) electrons. The van der Waals surface area contributed by atoms with Gasteiger partial charge in [0.2, 0.25) is 0 Å². The number of esters is 1. The number of ether oxygens (including phenoxy) is 2. The number of benzene rings is 2. The van der Waals surface area contributed by atoms with Crippen LogP contribution in [0.2, 0.25) is 0 Å². The van der Waals surface area contributed by atoms with Crippen molar-refractivity contribution in [2.45, 2.75) is 51.1 Å². The van der Waals surface area contributed by atoms with Gasteiger partial charge < -0.3 is 14.8 Å². The molecule has 0 aliphatic rings. The summed E-state index contributed by atoms with van der Waals surface area (Å²) in [5.74, 6) is -1.02. The highest BCUT2D eigenvalue weighted by Crippen LogP contribution is 2.29. The zero-order chi connectivity index (χ0) is 22.3.